The van der Waals surface area contributed by atoms with E-state index in [-0.39, 0.29) is 11.8 Å². The molecule has 24 heavy (non-hydrogen) atoms. The molecular weight excluding hydrogens is 310 g/mol. The first kappa shape index (κ1) is 16.3. The molecule has 0 saturated carbocycles. The van der Waals surface area contributed by atoms with Crippen LogP contribution in [0.5, 0.6) is 11.5 Å². The second-order valence-electron chi connectivity index (χ2n) is 5.86. The largest absolute Gasteiger partial charge is 0.497 e. The molecule has 1 aliphatic rings. The Bertz CT molecular complexity index is 728. The topological polar surface area (TPSA) is 77.7 Å². The van der Waals surface area contributed by atoms with Crippen LogP contribution in [0.1, 0.15) is 29.6 Å². The molecule has 0 unspecified atom stereocenters. The van der Waals surface area contributed by atoms with Gasteiger partial charge < -0.3 is 18.9 Å². The van der Waals surface area contributed by atoms with Crippen LogP contribution >= 0.6 is 0 Å². The summed E-state index contributed by atoms with van der Waals surface area (Å²) in [5.74, 6) is 2.79. The predicted molar refractivity (Wildman–Crippen MR) is 86.2 cm³/mol. The molecule has 1 aromatic heterocycles. The number of amides is 1. The second kappa shape index (κ2) is 6.90. The first-order valence-corrected chi connectivity index (χ1v) is 7.89. The first-order chi connectivity index (χ1) is 11.6. The molecule has 0 bridgehead atoms. The lowest BCUT2D eigenvalue weighted by Gasteiger charge is -2.17. The smallest absolute Gasteiger partial charge is 0.231 e. The molecule has 128 valence electrons. The van der Waals surface area contributed by atoms with Crippen LogP contribution < -0.4 is 9.47 Å². The standard InChI is InChI=1S/C17H21N3O4/c1-11-18-17(24-19-11)13-6-7-20(10-13)16(21)8-12-4-5-14(22-2)9-15(12)23-3/h4-5,9,13H,6-8,10H2,1-3H3/t13-/m1/s1. The monoisotopic (exact) mass is 331 g/mol. The molecule has 0 aliphatic carbocycles. The van der Waals surface area contributed by atoms with Gasteiger partial charge in [0.25, 0.3) is 0 Å². The molecule has 7 nitrogen and oxygen atoms in total. The van der Waals surface area contributed by atoms with Crippen molar-refractivity contribution in [2.75, 3.05) is 27.3 Å². The number of benzene rings is 1. The number of likely N-dealkylation sites (tertiary alicyclic amines) is 1. The maximum absolute atomic E-state index is 12.6. The molecule has 1 amide bonds. The molecule has 1 atom stereocenters. The van der Waals surface area contributed by atoms with Crippen LogP contribution in [0.4, 0.5) is 0 Å². The van der Waals surface area contributed by atoms with E-state index in [1.54, 1.807) is 27.2 Å². The van der Waals surface area contributed by atoms with Crippen molar-refractivity contribution in [1.29, 1.82) is 0 Å². The highest BCUT2D eigenvalue weighted by Gasteiger charge is 2.31. The molecule has 1 aromatic carbocycles. The number of carbonyl (C=O) groups is 1. The van der Waals surface area contributed by atoms with E-state index in [1.807, 2.05) is 17.0 Å². The van der Waals surface area contributed by atoms with E-state index < -0.39 is 0 Å². The molecule has 1 aliphatic heterocycles. The molecule has 3 rings (SSSR count). The number of hydrogen-bond acceptors (Lipinski definition) is 6. The maximum atomic E-state index is 12.6. The maximum Gasteiger partial charge on any atom is 0.231 e. The summed E-state index contributed by atoms with van der Waals surface area (Å²) in [5.41, 5.74) is 0.848. The zero-order valence-corrected chi connectivity index (χ0v) is 14.1. The van der Waals surface area contributed by atoms with Gasteiger partial charge in [-0.05, 0) is 19.4 Å². The van der Waals surface area contributed by atoms with Gasteiger partial charge in [-0.2, -0.15) is 4.98 Å². The highest BCUT2D eigenvalue weighted by molar-refractivity contribution is 5.80. The van der Waals surface area contributed by atoms with Gasteiger partial charge in [-0.3, -0.25) is 4.79 Å². The Morgan fingerprint density at radius 1 is 1.38 bits per heavy atom. The minimum atomic E-state index is 0.0669. The van der Waals surface area contributed by atoms with Gasteiger partial charge in [-0.25, -0.2) is 0 Å². The molecule has 1 fully saturated rings. The molecular formula is C17H21N3O4. The van der Waals surface area contributed by atoms with E-state index in [9.17, 15) is 4.79 Å². The van der Waals surface area contributed by atoms with Crippen molar-refractivity contribution in [2.24, 2.45) is 0 Å². The predicted octanol–water partition coefficient (Wildman–Crippen LogP) is 1.95. The molecule has 0 radical (unpaired) electrons. The number of rotatable bonds is 5. The van der Waals surface area contributed by atoms with Crippen molar-refractivity contribution in [3.8, 4) is 11.5 Å². The van der Waals surface area contributed by atoms with Gasteiger partial charge in [-0.1, -0.05) is 11.2 Å². The van der Waals surface area contributed by atoms with Gasteiger partial charge in [0.15, 0.2) is 5.82 Å². The second-order valence-corrected chi connectivity index (χ2v) is 5.86. The third kappa shape index (κ3) is 3.34. The average Bonchev–Trinajstić information content (AvgIpc) is 3.24. The van der Waals surface area contributed by atoms with Crippen molar-refractivity contribution in [3.63, 3.8) is 0 Å². The Kier molecular flexibility index (Phi) is 4.69. The van der Waals surface area contributed by atoms with E-state index in [0.717, 1.165) is 12.0 Å². The number of hydrogen-bond donors (Lipinski definition) is 0. The summed E-state index contributed by atoms with van der Waals surface area (Å²) in [4.78, 5) is 18.7. The summed E-state index contributed by atoms with van der Waals surface area (Å²) < 4.78 is 15.8. The van der Waals surface area contributed by atoms with Crippen molar-refractivity contribution in [2.45, 2.75) is 25.7 Å². The van der Waals surface area contributed by atoms with Crippen LogP contribution in [0.3, 0.4) is 0 Å². The fourth-order valence-corrected chi connectivity index (χ4v) is 2.94. The van der Waals surface area contributed by atoms with Crippen LogP contribution in [0.25, 0.3) is 0 Å². The zero-order chi connectivity index (χ0) is 17.1. The molecule has 7 heteroatoms. The Labute approximate surface area is 140 Å². The number of methoxy groups -OCH3 is 2. The zero-order valence-electron chi connectivity index (χ0n) is 14.1. The van der Waals surface area contributed by atoms with Crippen LogP contribution in [0, 0.1) is 6.92 Å². The molecule has 1 saturated heterocycles. The fourth-order valence-electron chi connectivity index (χ4n) is 2.94. The van der Waals surface area contributed by atoms with Gasteiger partial charge in [0, 0.05) is 24.7 Å². The quantitative estimate of drug-likeness (QED) is 0.833. The summed E-state index contributed by atoms with van der Waals surface area (Å²) in [6.45, 7) is 3.10. The highest BCUT2D eigenvalue weighted by Crippen LogP contribution is 2.28. The third-order valence-corrected chi connectivity index (χ3v) is 4.27. The number of aromatic nitrogens is 2. The summed E-state index contributed by atoms with van der Waals surface area (Å²) in [5, 5.41) is 3.82. The van der Waals surface area contributed by atoms with E-state index in [2.05, 4.69) is 10.1 Å². The normalized spacial score (nSPS) is 17.1. The van der Waals surface area contributed by atoms with Crippen LogP contribution in [0.2, 0.25) is 0 Å². The summed E-state index contributed by atoms with van der Waals surface area (Å²) in [6, 6.07) is 5.49. The Morgan fingerprint density at radius 2 is 2.21 bits per heavy atom. The summed E-state index contributed by atoms with van der Waals surface area (Å²) in [6.07, 6.45) is 1.13. The van der Waals surface area contributed by atoms with E-state index in [1.165, 1.54) is 0 Å². The third-order valence-electron chi connectivity index (χ3n) is 4.27. The number of nitrogens with zero attached hydrogens (tertiary/aromatic N) is 3. The van der Waals surface area contributed by atoms with Crippen LogP contribution in [-0.4, -0.2) is 48.3 Å². The minimum Gasteiger partial charge on any atom is -0.497 e. The molecule has 2 heterocycles. The van der Waals surface area contributed by atoms with Crippen molar-refractivity contribution in [3.05, 3.63) is 35.5 Å². The van der Waals surface area contributed by atoms with Crippen LogP contribution in [-0.2, 0) is 11.2 Å². The number of carbonyl (C=O) groups excluding carboxylic acids is 1. The van der Waals surface area contributed by atoms with Crippen molar-refractivity contribution < 1.29 is 18.8 Å². The molecule has 0 spiro atoms. The highest BCUT2D eigenvalue weighted by atomic mass is 16.5. The molecule has 0 N–H and O–H groups in total. The van der Waals surface area contributed by atoms with E-state index in [0.29, 0.717) is 42.7 Å². The Morgan fingerprint density at radius 3 is 2.88 bits per heavy atom. The average molecular weight is 331 g/mol. The molecule has 2 aromatic rings. The first-order valence-electron chi connectivity index (χ1n) is 7.89. The lowest BCUT2D eigenvalue weighted by atomic mass is 10.1. The lowest BCUT2D eigenvalue weighted by Crippen LogP contribution is -2.30. The van der Waals surface area contributed by atoms with Crippen molar-refractivity contribution in [1.82, 2.24) is 15.0 Å². The van der Waals surface area contributed by atoms with E-state index >= 15 is 0 Å². The van der Waals surface area contributed by atoms with Gasteiger partial charge in [0.2, 0.25) is 11.8 Å². The van der Waals surface area contributed by atoms with Gasteiger partial charge >= 0.3 is 0 Å². The Balaban J connectivity index is 1.65. The Hall–Kier alpha value is -2.57. The summed E-state index contributed by atoms with van der Waals surface area (Å²) >= 11 is 0. The summed E-state index contributed by atoms with van der Waals surface area (Å²) in [7, 11) is 3.19. The van der Waals surface area contributed by atoms with Crippen LogP contribution in [0.15, 0.2) is 22.7 Å². The number of aryl methyl sites for hydroxylation is 1. The minimum absolute atomic E-state index is 0.0669. The van der Waals surface area contributed by atoms with Gasteiger partial charge in [-0.15, -0.1) is 0 Å². The SMILES string of the molecule is COc1ccc(CC(=O)N2CC[C@@H](c3nc(C)no3)C2)c(OC)c1. The van der Waals surface area contributed by atoms with Crippen molar-refractivity contribution >= 4 is 5.91 Å². The van der Waals surface area contributed by atoms with Gasteiger partial charge in [0.05, 0.1) is 26.6 Å². The number of ether oxygens (including phenoxy) is 2. The van der Waals surface area contributed by atoms with E-state index in [4.69, 9.17) is 14.0 Å². The lowest BCUT2D eigenvalue weighted by molar-refractivity contribution is -0.129. The fraction of sp³-hybridized carbons (Fsp3) is 0.471. The van der Waals surface area contributed by atoms with Gasteiger partial charge in [0.1, 0.15) is 11.5 Å².